The number of carbonyl (C=O) groups is 2. The molecule has 32 heavy (non-hydrogen) atoms. The molecule has 1 aromatic carbocycles. The molecule has 1 unspecified atom stereocenters. The average molecular weight is 429 g/mol. The third-order valence-corrected chi connectivity index (χ3v) is 7.32. The fraction of sp³-hybridized carbons (Fsp3) is 0.346. The van der Waals surface area contributed by atoms with Gasteiger partial charge in [0, 0.05) is 55.5 Å². The number of pyridine rings is 1. The largest absolute Gasteiger partial charge is 0.349 e. The normalized spacial score (nSPS) is 19.1. The molecule has 1 saturated heterocycles. The minimum absolute atomic E-state index is 0.0406. The molecule has 0 radical (unpaired) electrons. The Bertz CT molecular complexity index is 1150. The molecule has 0 bridgehead atoms. The highest BCUT2D eigenvalue weighted by atomic mass is 16.2. The molecule has 1 saturated carbocycles. The highest BCUT2D eigenvalue weighted by Gasteiger charge is 2.56. The van der Waals surface area contributed by atoms with E-state index in [0.717, 1.165) is 54.9 Å². The molecule has 2 aromatic heterocycles. The van der Waals surface area contributed by atoms with Crippen LogP contribution >= 0.6 is 0 Å². The van der Waals surface area contributed by atoms with Crippen LogP contribution in [0.15, 0.2) is 60.9 Å². The number of carbonyl (C=O) groups excluding carboxylic acids is 2. The van der Waals surface area contributed by atoms with E-state index in [2.05, 4.69) is 27.0 Å². The van der Waals surface area contributed by atoms with Crippen LogP contribution in [0.25, 0.3) is 11.3 Å². The van der Waals surface area contributed by atoms with Crippen LogP contribution in [0, 0.1) is 12.3 Å². The van der Waals surface area contributed by atoms with Gasteiger partial charge in [-0.3, -0.25) is 14.6 Å². The molecule has 1 aliphatic carbocycles. The molecule has 6 nitrogen and oxygen atoms in total. The van der Waals surface area contributed by atoms with Gasteiger partial charge in [-0.2, -0.15) is 0 Å². The zero-order valence-electron chi connectivity index (χ0n) is 18.5. The van der Waals surface area contributed by atoms with Crippen LogP contribution in [0.3, 0.4) is 0 Å². The van der Waals surface area contributed by atoms with E-state index >= 15 is 0 Å². The Kier molecular flexibility index (Phi) is 5.08. The second-order valence-electron chi connectivity index (χ2n) is 9.07. The fourth-order valence-corrected chi connectivity index (χ4v) is 4.98. The van der Waals surface area contributed by atoms with Crippen molar-refractivity contribution in [3.8, 4) is 11.3 Å². The molecular weight excluding hydrogens is 400 g/mol. The van der Waals surface area contributed by atoms with E-state index in [9.17, 15) is 9.59 Å². The molecule has 1 spiro atoms. The van der Waals surface area contributed by atoms with Crippen molar-refractivity contribution in [2.24, 2.45) is 12.5 Å². The van der Waals surface area contributed by atoms with Gasteiger partial charge in [-0.1, -0.05) is 30.3 Å². The van der Waals surface area contributed by atoms with Crippen LogP contribution in [-0.2, 0) is 7.05 Å². The summed E-state index contributed by atoms with van der Waals surface area (Å²) in [6.45, 7) is 3.47. The lowest BCUT2D eigenvalue weighted by molar-refractivity contribution is 0.0667. The van der Waals surface area contributed by atoms with Crippen molar-refractivity contribution < 1.29 is 9.59 Å². The fourth-order valence-electron chi connectivity index (χ4n) is 4.98. The van der Waals surface area contributed by atoms with Crippen LogP contribution < -0.4 is 5.32 Å². The molecule has 3 aromatic rings. The number of nitrogens with one attached hydrogen (secondary N) is 1. The van der Waals surface area contributed by atoms with Gasteiger partial charge >= 0.3 is 0 Å². The predicted octanol–water partition coefficient (Wildman–Crippen LogP) is 3.82. The van der Waals surface area contributed by atoms with Crippen molar-refractivity contribution in [2.45, 2.75) is 32.2 Å². The standard InChI is InChI=1S/C26H28N4O2/c1-18-21(16-22(29(18)2)19-6-4-3-5-7-19)25(32)30-14-10-26(11-15-30)17-23(26)28-24(31)20-8-12-27-13-9-20/h3-9,12-13,16,23H,10-11,14-15,17H2,1-2H3,(H,28,31). The highest BCUT2D eigenvalue weighted by Crippen LogP contribution is 2.54. The molecule has 6 heteroatoms. The van der Waals surface area contributed by atoms with Crippen LogP contribution in [-0.4, -0.2) is 45.4 Å². The van der Waals surface area contributed by atoms with E-state index in [1.165, 1.54) is 0 Å². The molecule has 1 atom stereocenters. The number of piperidine rings is 1. The number of hydrogen-bond acceptors (Lipinski definition) is 3. The lowest BCUT2D eigenvalue weighted by Gasteiger charge is -2.33. The van der Waals surface area contributed by atoms with Crippen molar-refractivity contribution >= 4 is 11.8 Å². The Morgan fingerprint density at radius 3 is 2.44 bits per heavy atom. The van der Waals surface area contributed by atoms with E-state index in [4.69, 9.17) is 0 Å². The van der Waals surface area contributed by atoms with Crippen molar-refractivity contribution in [3.63, 3.8) is 0 Å². The van der Waals surface area contributed by atoms with Gasteiger partial charge in [-0.25, -0.2) is 0 Å². The number of nitrogens with zero attached hydrogens (tertiary/aromatic N) is 3. The van der Waals surface area contributed by atoms with Crippen molar-refractivity contribution in [1.29, 1.82) is 0 Å². The summed E-state index contributed by atoms with van der Waals surface area (Å²) in [5, 5.41) is 3.17. The van der Waals surface area contributed by atoms with Gasteiger partial charge in [0.15, 0.2) is 0 Å². The summed E-state index contributed by atoms with van der Waals surface area (Å²) in [5.74, 6) is 0.0642. The number of aromatic nitrogens is 2. The molecule has 2 fully saturated rings. The Morgan fingerprint density at radius 2 is 1.75 bits per heavy atom. The maximum atomic E-state index is 13.3. The number of hydrogen-bond donors (Lipinski definition) is 1. The Balaban J connectivity index is 1.23. The summed E-state index contributed by atoms with van der Waals surface area (Å²) in [5.41, 5.74) is 4.72. The lowest BCUT2D eigenvalue weighted by Crippen LogP contribution is -2.41. The lowest BCUT2D eigenvalue weighted by atomic mass is 9.92. The highest BCUT2D eigenvalue weighted by molar-refractivity contribution is 5.97. The maximum Gasteiger partial charge on any atom is 0.255 e. The van der Waals surface area contributed by atoms with Crippen LogP contribution in [0.5, 0.6) is 0 Å². The molecule has 2 aliphatic rings. The minimum atomic E-state index is -0.0406. The quantitative estimate of drug-likeness (QED) is 0.687. The first-order valence-electron chi connectivity index (χ1n) is 11.2. The van der Waals surface area contributed by atoms with Gasteiger partial charge in [-0.15, -0.1) is 0 Å². The van der Waals surface area contributed by atoms with E-state index in [-0.39, 0.29) is 23.3 Å². The second kappa shape index (κ2) is 7.93. The first-order chi connectivity index (χ1) is 15.5. The summed E-state index contributed by atoms with van der Waals surface area (Å²) in [4.78, 5) is 31.7. The van der Waals surface area contributed by atoms with Crippen molar-refractivity contribution in [1.82, 2.24) is 19.8 Å². The van der Waals surface area contributed by atoms with Crippen LogP contribution in [0.2, 0.25) is 0 Å². The summed E-state index contributed by atoms with van der Waals surface area (Å²) >= 11 is 0. The van der Waals surface area contributed by atoms with Gasteiger partial charge in [-0.05, 0) is 55.4 Å². The van der Waals surface area contributed by atoms with Gasteiger partial charge in [0.05, 0.1) is 5.56 Å². The smallest absolute Gasteiger partial charge is 0.255 e. The zero-order chi connectivity index (χ0) is 22.3. The van der Waals surface area contributed by atoms with E-state index in [0.29, 0.717) is 5.56 Å². The molecular formula is C26H28N4O2. The van der Waals surface area contributed by atoms with E-state index in [1.807, 2.05) is 43.1 Å². The number of likely N-dealkylation sites (tertiary alicyclic amines) is 1. The molecule has 1 N–H and O–H groups in total. The Labute approximate surface area is 188 Å². The van der Waals surface area contributed by atoms with Crippen LogP contribution in [0.4, 0.5) is 0 Å². The topological polar surface area (TPSA) is 67.2 Å². The first kappa shape index (κ1) is 20.5. The number of rotatable bonds is 4. The molecule has 1 aliphatic heterocycles. The Hall–Kier alpha value is -3.41. The first-order valence-corrected chi connectivity index (χ1v) is 11.2. The zero-order valence-corrected chi connectivity index (χ0v) is 18.5. The molecule has 2 amide bonds. The molecule has 5 rings (SSSR count). The van der Waals surface area contributed by atoms with Crippen molar-refractivity contribution in [2.75, 3.05) is 13.1 Å². The Morgan fingerprint density at radius 1 is 1.06 bits per heavy atom. The van der Waals surface area contributed by atoms with Gasteiger partial charge < -0.3 is 14.8 Å². The summed E-state index contributed by atoms with van der Waals surface area (Å²) < 4.78 is 2.10. The monoisotopic (exact) mass is 428 g/mol. The minimum Gasteiger partial charge on any atom is -0.349 e. The average Bonchev–Trinajstić information content (AvgIpc) is 3.40. The third kappa shape index (κ3) is 3.60. The molecule has 3 heterocycles. The number of amides is 2. The van der Waals surface area contributed by atoms with Crippen LogP contribution in [0.1, 0.15) is 45.7 Å². The summed E-state index contributed by atoms with van der Waals surface area (Å²) in [6.07, 6.45) is 6.12. The number of benzene rings is 1. The van der Waals surface area contributed by atoms with Gasteiger partial charge in [0.2, 0.25) is 0 Å². The summed E-state index contributed by atoms with van der Waals surface area (Å²) in [6, 6.07) is 15.9. The SMILES string of the molecule is Cc1c(C(=O)N2CCC3(CC2)CC3NC(=O)c2ccncc2)cc(-c2ccccc2)n1C. The van der Waals surface area contributed by atoms with Crippen molar-refractivity contribution in [3.05, 3.63) is 77.7 Å². The third-order valence-electron chi connectivity index (χ3n) is 7.32. The van der Waals surface area contributed by atoms with E-state index in [1.54, 1.807) is 24.5 Å². The van der Waals surface area contributed by atoms with Gasteiger partial charge in [0.25, 0.3) is 11.8 Å². The van der Waals surface area contributed by atoms with Gasteiger partial charge in [0.1, 0.15) is 0 Å². The predicted molar refractivity (Wildman–Crippen MR) is 123 cm³/mol. The maximum absolute atomic E-state index is 13.3. The molecule has 164 valence electrons. The summed E-state index contributed by atoms with van der Waals surface area (Å²) in [7, 11) is 2.01. The van der Waals surface area contributed by atoms with E-state index < -0.39 is 0 Å². The second-order valence-corrected chi connectivity index (χ2v) is 9.07.